The van der Waals surface area contributed by atoms with Crippen molar-refractivity contribution in [3.63, 3.8) is 0 Å². The number of methoxy groups -OCH3 is 1. The van der Waals surface area contributed by atoms with Gasteiger partial charge in [-0.05, 0) is 19.0 Å². The van der Waals surface area contributed by atoms with E-state index in [-0.39, 0.29) is 17.9 Å². The molecule has 0 spiro atoms. The van der Waals surface area contributed by atoms with E-state index in [1.54, 1.807) is 11.0 Å². The fourth-order valence-corrected chi connectivity index (χ4v) is 3.00. The third-order valence-electron chi connectivity index (χ3n) is 4.09. The first-order valence-corrected chi connectivity index (χ1v) is 7.05. The molecule has 0 radical (unpaired) electrons. The summed E-state index contributed by atoms with van der Waals surface area (Å²) in [5.41, 5.74) is 0.958. The van der Waals surface area contributed by atoms with Crippen molar-refractivity contribution in [3.05, 3.63) is 29.8 Å². The zero-order valence-corrected chi connectivity index (χ0v) is 11.9. The van der Waals surface area contributed by atoms with Gasteiger partial charge in [0.25, 0.3) is 0 Å². The first-order valence-electron chi connectivity index (χ1n) is 7.05. The van der Waals surface area contributed by atoms with Crippen molar-refractivity contribution in [2.75, 3.05) is 20.2 Å². The van der Waals surface area contributed by atoms with Crippen molar-refractivity contribution in [2.45, 2.75) is 19.0 Å². The molecular weight excluding hydrogens is 272 g/mol. The summed E-state index contributed by atoms with van der Waals surface area (Å²) in [6.45, 7) is 1.75. The average Bonchev–Trinajstić information content (AvgIpc) is 2.53. The number of esters is 1. The van der Waals surface area contributed by atoms with E-state index in [2.05, 4.69) is 5.32 Å². The highest BCUT2D eigenvalue weighted by Gasteiger charge is 2.40. The number of nitrogens with one attached hydrogen (secondary N) is 1. The molecule has 1 amide bonds. The second-order valence-corrected chi connectivity index (χ2v) is 5.29. The van der Waals surface area contributed by atoms with E-state index in [9.17, 15) is 9.59 Å². The zero-order valence-electron chi connectivity index (χ0n) is 11.9. The summed E-state index contributed by atoms with van der Waals surface area (Å²) in [6.07, 6.45) is 0.311. The lowest BCUT2D eigenvalue weighted by atomic mass is 9.91. The fourth-order valence-electron chi connectivity index (χ4n) is 3.00. The van der Waals surface area contributed by atoms with Gasteiger partial charge in [-0.2, -0.15) is 0 Å². The number of ether oxygens (including phenoxy) is 2. The molecular formula is C15H18N2O4. The van der Waals surface area contributed by atoms with Crippen LogP contribution in [0.15, 0.2) is 24.3 Å². The van der Waals surface area contributed by atoms with Crippen molar-refractivity contribution in [1.29, 1.82) is 0 Å². The Bertz CT molecular complexity index is 560. The topological polar surface area (TPSA) is 67.9 Å². The average molecular weight is 290 g/mol. The Morgan fingerprint density at radius 3 is 3.05 bits per heavy atom. The normalized spacial score (nSPS) is 25.0. The highest BCUT2D eigenvalue weighted by atomic mass is 16.6. The molecule has 1 aromatic carbocycles. The summed E-state index contributed by atoms with van der Waals surface area (Å²) in [5.74, 6) is -0.0530. The van der Waals surface area contributed by atoms with Gasteiger partial charge in [-0.3, -0.25) is 9.69 Å². The van der Waals surface area contributed by atoms with Crippen LogP contribution in [-0.2, 0) is 16.1 Å². The fraction of sp³-hybridized carbons (Fsp3) is 0.467. The number of hydrogen-bond donors (Lipinski definition) is 1. The Hall–Kier alpha value is -2.08. The molecule has 2 aliphatic heterocycles. The maximum atomic E-state index is 12.2. The quantitative estimate of drug-likeness (QED) is 0.828. The SMILES string of the molecule is COC(=O)C1CNCCC1N1Cc2ccccc2OC1=O. The number of fused-ring (bicyclic) bond motifs is 1. The lowest BCUT2D eigenvalue weighted by Crippen LogP contribution is -2.55. The summed E-state index contributed by atoms with van der Waals surface area (Å²) < 4.78 is 10.2. The maximum Gasteiger partial charge on any atom is 0.415 e. The Kier molecular flexibility index (Phi) is 3.79. The van der Waals surface area contributed by atoms with Crippen LogP contribution in [0.25, 0.3) is 0 Å². The number of carbonyl (C=O) groups excluding carboxylic acids is 2. The Labute approximate surface area is 123 Å². The number of piperidine rings is 1. The third kappa shape index (κ3) is 2.58. The number of carbonyl (C=O) groups is 2. The van der Waals surface area contributed by atoms with Gasteiger partial charge in [0.1, 0.15) is 5.75 Å². The molecule has 3 rings (SSSR count). The Morgan fingerprint density at radius 1 is 1.43 bits per heavy atom. The maximum absolute atomic E-state index is 12.2. The van der Waals surface area contributed by atoms with E-state index < -0.39 is 6.09 Å². The highest BCUT2D eigenvalue weighted by Crippen LogP contribution is 2.30. The van der Waals surface area contributed by atoms with E-state index in [0.29, 0.717) is 25.3 Å². The van der Waals surface area contributed by atoms with Crippen molar-refractivity contribution < 1.29 is 19.1 Å². The lowest BCUT2D eigenvalue weighted by molar-refractivity contribution is -0.148. The smallest absolute Gasteiger partial charge is 0.415 e. The van der Waals surface area contributed by atoms with E-state index in [4.69, 9.17) is 9.47 Å². The van der Waals surface area contributed by atoms with Gasteiger partial charge >= 0.3 is 12.1 Å². The predicted octanol–water partition coefficient (Wildman–Crippen LogP) is 1.15. The van der Waals surface area contributed by atoms with Crippen molar-refractivity contribution in [3.8, 4) is 5.75 Å². The lowest BCUT2D eigenvalue weighted by Gasteiger charge is -2.40. The van der Waals surface area contributed by atoms with Gasteiger partial charge in [-0.1, -0.05) is 18.2 Å². The van der Waals surface area contributed by atoms with Crippen LogP contribution in [0.2, 0.25) is 0 Å². The van der Waals surface area contributed by atoms with Crippen molar-refractivity contribution in [1.82, 2.24) is 10.2 Å². The predicted molar refractivity (Wildman–Crippen MR) is 74.8 cm³/mol. The van der Waals surface area contributed by atoms with Gasteiger partial charge in [0.15, 0.2) is 0 Å². The number of amides is 1. The van der Waals surface area contributed by atoms with Crippen LogP contribution in [0.4, 0.5) is 4.79 Å². The van der Waals surface area contributed by atoms with Crippen molar-refractivity contribution >= 4 is 12.1 Å². The molecule has 0 aliphatic carbocycles. The molecule has 2 unspecified atom stereocenters. The minimum Gasteiger partial charge on any atom is -0.469 e. The molecule has 112 valence electrons. The first kappa shape index (κ1) is 13.9. The molecule has 6 heteroatoms. The van der Waals surface area contributed by atoms with Gasteiger partial charge in [-0.25, -0.2) is 4.79 Å². The van der Waals surface area contributed by atoms with E-state index in [0.717, 1.165) is 12.1 Å². The molecule has 1 aromatic rings. The number of para-hydroxylation sites is 1. The molecule has 0 saturated carbocycles. The van der Waals surface area contributed by atoms with E-state index >= 15 is 0 Å². The largest absolute Gasteiger partial charge is 0.469 e. The second-order valence-electron chi connectivity index (χ2n) is 5.29. The van der Waals surface area contributed by atoms with Crippen LogP contribution >= 0.6 is 0 Å². The Morgan fingerprint density at radius 2 is 2.24 bits per heavy atom. The molecule has 0 bridgehead atoms. The first-order chi connectivity index (χ1) is 10.2. The van der Waals surface area contributed by atoms with Gasteiger partial charge in [0.05, 0.1) is 25.6 Å². The molecule has 2 aliphatic rings. The summed E-state index contributed by atoms with van der Waals surface area (Å²) in [5, 5.41) is 3.17. The molecule has 0 aromatic heterocycles. The summed E-state index contributed by atoms with van der Waals surface area (Å²) in [7, 11) is 1.37. The summed E-state index contributed by atoms with van der Waals surface area (Å²) in [6, 6.07) is 7.27. The summed E-state index contributed by atoms with van der Waals surface area (Å²) in [4.78, 5) is 25.8. The van der Waals surface area contributed by atoms with Gasteiger partial charge < -0.3 is 14.8 Å². The van der Waals surface area contributed by atoms with Crippen LogP contribution in [0, 0.1) is 5.92 Å². The van der Waals surface area contributed by atoms with E-state index in [1.165, 1.54) is 7.11 Å². The Balaban J connectivity index is 1.85. The third-order valence-corrected chi connectivity index (χ3v) is 4.09. The van der Waals surface area contributed by atoms with Crippen LogP contribution < -0.4 is 10.1 Å². The summed E-state index contributed by atoms with van der Waals surface area (Å²) >= 11 is 0. The van der Waals surface area contributed by atoms with Gasteiger partial charge in [0, 0.05) is 12.1 Å². The van der Waals surface area contributed by atoms with Crippen LogP contribution in [0.1, 0.15) is 12.0 Å². The number of benzene rings is 1. The van der Waals surface area contributed by atoms with Crippen LogP contribution in [-0.4, -0.2) is 43.2 Å². The van der Waals surface area contributed by atoms with Crippen molar-refractivity contribution in [2.24, 2.45) is 5.92 Å². The van der Waals surface area contributed by atoms with Gasteiger partial charge in [-0.15, -0.1) is 0 Å². The number of hydrogen-bond acceptors (Lipinski definition) is 5. The number of rotatable bonds is 2. The standard InChI is InChI=1S/C15H18N2O4/c1-20-14(18)11-8-16-7-6-12(11)17-9-10-4-2-3-5-13(10)21-15(17)19/h2-5,11-12,16H,6-9H2,1H3. The minimum absolute atomic E-state index is 0.195. The zero-order chi connectivity index (χ0) is 14.8. The molecule has 21 heavy (non-hydrogen) atoms. The van der Waals surface area contributed by atoms with Gasteiger partial charge in [0.2, 0.25) is 0 Å². The molecule has 1 saturated heterocycles. The molecule has 2 heterocycles. The monoisotopic (exact) mass is 290 g/mol. The molecule has 2 atom stereocenters. The second kappa shape index (κ2) is 5.73. The minimum atomic E-state index is -0.394. The molecule has 1 N–H and O–H groups in total. The van der Waals surface area contributed by atoms with E-state index in [1.807, 2.05) is 18.2 Å². The molecule has 6 nitrogen and oxygen atoms in total. The highest BCUT2D eigenvalue weighted by molar-refractivity contribution is 5.77. The van der Waals surface area contributed by atoms with Crippen LogP contribution in [0.3, 0.4) is 0 Å². The number of nitrogens with zero attached hydrogens (tertiary/aromatic N) is 1. The molecule has 1 fully saturated rings. The van der Waals surface area contributed by atoms with Crippen LogP contribution in [0.5, 0.6) is 5.75 Å².